The van der Waals surface area contributed by atoms with E-state index in [4.69, 9.17) is 0 Å². The summed E-state index contributed by atoms with van der Waals surface area (Å²) in [5, 5.41) is 0. The maximum Gasteiger partial charge on any atom is 0.111 e. The van der Waals surface area contributed by atoms with E-state index < -0.39 is 0 Å². The van der Waals surface area contributed by atoms with Crippen molar-refractivity contribution in [1.82, 2.24) is 9.55 Å². The van der Waals surface area contributed by atoms with Gasteiger partial charge in [-0.15, -0.1) is 0 Å². The molecule has 1 aromatic heterocycles. The molecule has 1 rings (SSSR count). The van der Waals surface area contributed by atoms with E-state index in [1.165, 1.54) is 3.70 Å². The molecular formula is C7H11IN2. The Morgan fingerprint density at radius 3 is 2.40 bits per heavy atom. The number of hydrogen-bond donors (Lipinski definition) is 0. The van der Waals surface area contributed by atoms with Gasteiger partial charge in [0, 0.05) is 13.0 Å². The SMILES string of the molecule is CC(C)c1ncc(I)n1C. The zero-order valence-corrected chi connectivity index (χ0v) is 8.58. The Kier molecular flexibility index (Phi) is 2.33. The molecule has 0 aliphatic heterocycles. The highest BCUT2D eigenvalue weighted by atomic mass is 127. The maximum absolute atomic E-state index is 4.27. The van der Waals surface area contributed by atoms with E-state index >= 15 is 0 Å². The number of nitrogens with zero attached hydrogens (tertiary/aromatic N) is 2. The molecule has 3 heteroatoms. The van der Waals surface area contributed by atoms with E-state index in [2.05, 4.69) is 46.0 Å². The van der Waals surface area contributed by atoms with Gasteiger partial charge >= 0.3 is 0 Å². The van der Waals surface area contributed by atoms with Crippen LogP contribution in [0.2, 0.25) is 0 Å². The van der Waals surface area contributed by atoms with Gasteiger partial charge in [0.15, 0.2) is 0 Å². The van der Waals surface area contributed by atoms with Crippen molar-refractivity contribution in [3.63, 3.8) is 0 Å². The van der Waals surface area contributed by atoms with Crippen molar-refractivity contribution >= 4 is 22.6 Å². The Morgan fingerprint density at radius 1 is 1.60 bits per heavy atom. The summed E-state index contributed by atoms with van der Waals surface area (Å²) < 4.78 is 3.31. The van der Waals surface area contributed by atoms with Crippen molar-refractivity contribution in [2.45, 2.75) is 19.8 Å². The lowest BCUT2D eigenvalue weighted by atomic mass is 10.2. The van der Waals surface area contributed by atoms with Gasteiger partial charge in [0.25, 0.3) is 0 Å². The minimum absolute atomic E-state index is 0.522. The van der Waals surface area contributed by atoms with Gasteiger partial charge in [-0.05, 0) is 22.6 Å². The predicted octanol–water partition coefficient (Wildman–Crippen LogP) is 2.15. The van der Waals surface area contributed by atoms with Crippen molar-refractivity contribution in [3.05, 3.63) is 15.7 Å². The topological polar surface area (TPSA) is 17.8 Å². The molecule has 0 spiro atoms. The van der Waals surface area contributed by atoms with Crippen molar-refractivity contribution in [3.8, 4) is 0 Å². The van der Waals surface area contributed by atoms with Crippen LogP contribution in [0.25, 0.3) is 0 Å². The Hall–Kier alpha value is -0.0600. The first-order valence-corrected chi connectivity index (χ1v) is 4.38. The first kappa shape index (κ1) is 8.04. The van der Waals surface area contributed by atoms with E-state index in [0.29, 0.717) is 5.92 Å². The van der Waals surface area contributed by atoms with Crippen LogP contribution in [0.4, 0.5) is 0 Å². The Balaban J connectivity index is 3.05. The zero-order chi connectivity index (χ0) is 7.72. The van der Waals surface area contributed by atoms with Gasteiger partial charge in [-0.25, -0.2) is 4.98 Å². The smallest absolute Gasteiger partial charge is 0.111 e. The summed E-state index contributed by atoms with van der Waals surface area (Å²) in [6, 6.07) is 0. The molecule has 0 aliphatic rings. The Bertz CT molecular complexity index is 228. The number of aromatic nitrogens is 2. The van der Waals surface area contributed by atoms with Crippen LogP contribution in [0.3, 0.4) is 0 Å². The minimum atomic E-state index is 0.522. The fraction of sp³-hybridized carbons (Fsp3) is 0.571. The van der Waals surface area contributed by atoms with E-state index in [1.807, 2.05) is 13.2 Å². The van der Waals surface area contributed by atoms with Crippen molar-refractivity contribution in [2.24, 2.45) is 7.05 Å². The van der Waals surface area contributed by atoms with E-state index in [9.17, 15) is 0 Å². The van der Waals surface area contributed by atoms with Gasteiger partial charge in [0.05, 0.1) is 9.90 Å². The molecule has 10 heavy (non-hydrogen) atoms. The lowest BCUT2D eigenvalue weighted by Gasteiger charge is -2.04. The lowest BCUT2D eigenvalue weighted by Crippen LogP contribution is -2.00. The average molecular weight is 250 g/mol. The molecule has 1 heterocycles. The zero-order valence-electron chi connectivity index (χ0n) is 6.43. The van der Waals surface area contributed by atoms with Crippen LogP contribution < -0.4 is 0 Å². The fourth-order valence-corrected chi connectivity index (χ4v) is 1.32. The number of hydrogen-bond acceptors (Lipinski definition) is 1. The first-order chi connectivity index (χ1) is 4.63. The van der Waals surface area contributed by atoms with Crippen molar-refractivity contribution in [2.75, 3.05) is 0 Å². The molecule has 0 amide bonds. The van der Waals surface area contributed by atoms with Gasteiger partial charge in [-0.2, -0.15) is 0 Å². The summed E-state index contributed by atoms with van der Waals surface area (Å²) >= 11 is 2.28. The van der Waals surface area contributed by atoms with Crippen molar-refractivity contribution in [1.29, 1.82) is 0 Å². The third kappa shape index (κ3) is 1.33. The first-order valence-electron chi connectivity index (χ1n) is 3.30. The molecule has 0 N–H and O–H groups in total. The third-order valence-electron chi connectivity index (χ3n) is 1.48. The van der Waals surface area contributed by atoms with Crippen LogP contribution >= 0.6 is 22.6 Å². The summed E-state index contributed by atoms with van der Waals surface area (Å²) in [6.45, 7) is 4.30. The predicted molar refractivity (Wildman–Crippen MR) is 50.0 cm³/mol. The van der Waals surface area contributed by atoms with Gasteiger partial charge in [0.2, 0.25) is 0 Å². The normalized spacial score (nSPS) is 10.9. The largest absolute Gasteiger partial charge is 0.326 e. The lowest BCUT2D eigenvalue weighted by molar-refractivity contribution is 0.703. The van der Waals surface area contributed by atoms with Gasteiger partial charge in [-0.1, -0.05) is 13.8 Å². The standard InChI is InChI=1S/C7H11IN2/c1-5(2)7-9-4-6(8)10(7)3/h4-5H,1-3H3. The molecule has 0 aromatic carbocycles. The van der Waals surface area contributed by atoms with Crippen LogP contribution in [-0.4, -0.2) is 9.55 Å². The summed E-state index contributed by atoms with van der Waals surface area (Å²) in [5.41, 5.74) is 0. The van der Waals surface area contributed by atoms with Crippen molar-refractivity contribution < 1.29 is 0 Å². The molecular weight excluding hydrogens is 239 g/mol. The highest BCUT2D eigenvalue weighted by Gasteiger charge is 2.06. The van der Waals surface area contributed by atoms with Crippen LogP contribution in [0.5, 0.6) is 0 Å². The second kappa shape index (κ2) is 2.90. The van der Waals surface area contributed by atoms with E-state index in [0.717, 1.165) is 5.82 Å². The number of rotatable bonds is 1. The molecule has 0 radical (unpaired) electrons. The molecule has 0 saturated heterocycles. The summed E-state index contributed by atoms with van der Waals surface area (Å²) in [6.07, 6.45) is 1.90. The molecule has 0 unspecified atom stereocenters. The van der Waals surface area contributed by atoms with Gasteiger partial charge in [-0.3, -0.25) is 0 Å². The summed E-state index contributed by atoms with van der Waals surface area (Å²) in [4.78, 5) is 4.27. The Morgan fingerprint density at radius 2 is 2.20 bits per heavy atom. The molecule has 56 valence electrons. The molecule has 1 aromatic rings. The second-order valence-corrected chi connectivity index (χ2v) is 3.76. The summed E-state index contributed by atoms with van der Waals surface area (Å²) in [5.74, 6) is 1.68. The average Bonchev–Trinajstić information content (AvgIpc) is 2.14. The highest BCUT2D eigenvalue weighted by molar-refractivity contribution is 14.1. The Labute approximate surface area is 74.8 Å². The summed E-state index contributed by atoms with van der Waals surface area (Å²) in [7, 11) is 2.05. The van der Waals surface area contributed by atoms with Crippen LogP contribution in [0.15, 0.2) is 6.20 Å². The molecule has 0 bridgehead atoms. The second-order valence-electron chi connectivity index (χ2n) is 2.65. The van der Waals surface area contributed by atoms with Crippen LogP contribution in [0, 0.1) is 3.70 Å². The molecule has 0 atom stereocenters. The monoisotopic (exact) mass is 250 g/mol. The van der Waals surface area contributed by atoms with E-state index in [1.54, 1.807) is 0 Å². The van der Waals surface area contributed by atoms with Gasteiger partial charge in [0.1, 0.15) is 5.82 Å². The van der Waals surface area contributed by atoms with Crippen LogP contribution in [-0.2, 0) is 7.05 Å². The molecule has 0 saturated carbocycles. The molecule has 2 nitrogen and oxygen atoms in total. The fourth-order valence-electron chi connectivity index (χ4n) is 0.938. The highest BCUT2D eigenvalue weighted by Crippen LogP contribution is 2.14. The van der Waals surface area contributed by atoms with E-state index in [-0.39, 0.29) is 0 Å². The van der Waals surface area contributed by atoms with Crippen LogP contribution in [0.1, 0.15) is 25.6 Å². The number of imidazole rings is 1. The molecule has 0 fully saturated rings. The minimum Gasteiger partial charge on any atom is -0.326 e. The maximum atomic E-state index is 4.27. The quantitative estimate of drug-likeness (QED) is 0.698. The third-order valence-corrected chi connectivity index (χ3v) is 2.49. The molecule has 0 aliphatic carbocycles. The number of halogens is 1. The van der Waals surface area contributed by atoms with Gasteiger partial charge < -0.3 is 4.57 Å².